The molecule has 82 valence electrons. The van der Waals surface area contributed by atoms with Crippen LogP contribution in [0.25, 0.3) is 0 Å². The van der Waals surface area contributed by atoms with Gasteiger partial charge in [0.05, 0.1) is 12.2 Å². The molecular formula is C11H15NO3. The quantitative estimate of drug-likeness (QED) is 0.687. The molecular weight excluding hydrogens is 194 g/mol. The van der Waals surface area contributed by atoms with Gasteiger partial charge in [-0.15, -0.1) is 0 Å². The van der Waals surface area contributed by atoms with Gasteiger partial charge >= 0.3 is 0 Å². The first kappa shape index (κ1) is 11.5. The molecule has 1 aromatic carbocycles. The molecule has 0 radical (unpaired) electrons. The van der Waals surface area contributed by atoms with Crippen molar-refractivity contribution in [2.75, 3.05) is 13.2 Å². The maximum absolute atomic E-state index is 11.5. The number of aryl methyl sites for hydroxylation is 1. The zero-order valence-corrected chi connectivity index (χ0v) is 8.87. The van der Waals surface area contributed by atoms with Gasteiger partial charge in [-0.1, -0.05) is 6.07 Å². The van der Waals surface area contributed by atoms with E-state index in [4.69, 9.17) is 5.11 Å². The fourth-order valence-corrected chi connectivity index (χ4v) is 1.25. The molecule has 0 unspecified atom stereocenters. The van der Waals surface area contributed by atoms with Crippen LogP contribution in [0.2, 0.25) is 0 Å². The number of carbonyl (C=O) groups excluding carboxylic acids is 1. The maximum Gasteiger partial charge on any atom is 0.255 e. The fraction of sp³-hybridized carbons (Fsp3) is 0.364. The summed E-state index contributed by atoms with van der Waals surface area (Å²) in [4.78, 5) is 11.5. The van der Waals surface area contributed by atoms with Crippen molar-refractivity contribution < 1.29 is 15.0 Å². The molecule has 4 nitrogen and oxygen atoms in total. The van der Waals surface area contributed by atoms with Crippen molar-refractivity contribution >= 4 is 5.91 Å². The van der Waals surface area contributed by atoms with Gasteiger partial charge in [0.25, 0.3) is 5.91 Å². The van der Waals surface area contributed by atoms with E-state index in [1.807, 2.05) is 6.92 Å². The summed E-state index contributed by atoms with van der Waals surface area (Å²) in [7, 11) is 0. The lowest BCUT2D eigenvalue weighted by molar-refractivity contribution is 0.0942. The third-order valence-corrected chi connectivity index (χ3v) is 2.34. The van der Waals surface area contributed by atoms with E-state index in [2.05, 4.69) is 5.32 Å². The molecule has 1 amide bonds. The van der Waals surface area contributed by atoms with Gasteiger partial charge in [0.1, 0.15) is 5.75 Å². The average Bonchev–Trinajstić information content (AvgIpc) is 2.23. The molecule has 0 aromatic heterocycles. The zero-order valence-electron chi connectivity index (χ0n) is 8.87. The molecule has 0 aliphatic rings. The van der Waals surface area contributed by atoms with Gasteiger partial charge in [-0.2, -0.15) is 0 Å². The first-order valence-corrected chi connectivity index (χ1v) is 4.76. The van der Waals surface area contributed by atoms with E-state index in [-0.39, 0.29) is 30.4 Å². The Morgan fingerprint density at radius 3 is 2.67 bits per heavy atom. The minimum atomic E-state index is -0.371. The lowest BCUT2D eigenvalue weighted by Gasteiger charge is -2.09. The summed E-state index contributed by atoms with van der Waals surface area (Å²) in [6.07, 6.45) is 0. The van der Waals surface area contributed by atoms with Gasteiger partial charge in [-0.25, -0.2) is 0 Å². The van der Waals surface area contributed by atoms with Crippen molar-refractivity contribution in [2.45, 2.75) is 13.8 Å². The summed E-state index contributed by atoms with van der Waals surface area (Å²) in [5.74, 6) is -0.366. The Morgan fingerprint density at radius 2 is 2.07 bits per heavy atom. The van der Waals surface area contributed by atoms with Crippen molar-refractivity contribution in [3.63, 3.8) is 0 Å². The van der Waals surface area contributed by atoms with Crippen molar-refractivity contribution in [3.8, 4) is 5.75 Å². The Labute approximate surface area is 88.6 Å². The monoisotopic (exact) mass is 209 g/mol. The Kier molecular flexibility index (Phi) is 3.68. The highest BCUT2D eigenvalue weighted by Crippen LogP contribution is 2.24. The van der Waals surface area contributed by atoms with Gasteiger partial charge in [0.2, 0.25) is 0 Å². The van der Waals surface area contributed by atoms with E-state index >= 15 is 0 Å². The van der Waals surface area contributed by atoms with Crippen LogP contribution in [0, 0.1) is 13.8 Å². The number of aromatic hydroxyl groups is 1. The highest BCUT2D eigenvalue weighted by molar-refractivity contribution is 5.97. The van der Waals surface area contributed by atoms with Gasteiger partial charge < -0.3 is 15.5 Å². The molecule has 1 aromatic rings. The molecule has 4 heteroatoms. The number of phenols is 1. The molecule has 0 fully saturated rings. The first-order chi connectivity index (χ1) is 7.07. The Hall–Kier alpha value is -1.55. The van der Waals surface area contributed by atoms with E-state index in [9.17, 15) is 9.90 Å². The van der Waals surface area contributed by atoms with Crippen LogP contribution >= 0.6 is 0 Å². The standard InChI is InChI=1S/C11H15NO3/c1-7-3-4-9(10(14)8(7)2)11(15)12-5-6-13/h3-4,13-14H,5-6H2,1-2H3,(H,12,15). The van der Waals surface area contributed by atoms with E-state index in [1.54, 1.807) is 19.1 Å². The summed E-state index contributed by atoms with van der Waals surface area (Å²) in [6.45, 7) is 3.69. The number of carbonyl (C=O) groups is 1. The zero-order chi connectivity index (χ0) is 11.4. The van der Waals surface area contributed by atoms with Crippen LogP contribution in [-0.4, -0.2) is 29.3 Å². The summed E-state index contributed by atoms with van der Waals surface area (Å²) in [6, 6.07) is 3.35. The molecule has 1 rings (SSSR count). The minimum Gasteiger partial charge on any atom is -0.507 e. The molecule has 0 saturated heterocycles. The minimum absolute atomic E-state index is 0.00504. The van der Waals surface area contributed by atoms with Crippen LogP contribution in [0.3, 0.4) is 0 Å². The highest BCUT2D eigenvalue weighted by Gasteiger charge is 2.12. The predicted octanol–water partition coefficient (Wildman–Crippen LogP) is 0.731. The van der Waals surface area contributed by atoms with Crippen LogP contribution < -0.4 is 5.32 Å². The van der Waals surface area contributed by atoms with Crippen molar-refractivity contribution in [1.82, 2.24) is 5.32 Å². The fourth-order valence-electron chi connectivity index (χ4n) is 1.25. The number of benzene rings is 1. The largest absolute Gasteiger partial charge is 0.507 e. The first-order valence-electron chi connectivity index (χ1n) is 4.76. The van der Waals surface area contributed by atoms with Crippen LogP contribution in [0.4, 0.5) is 0 Å². The molecule has 0 spiro atoms. The van der Waals surface area contributed by atoms with Crippen LogP contribution in [-0.2, 0) is 0 Å². The van der Waals surface area contributed by atoms with E-state index in [0.29, 0.717) is 5.56 Å². The normalized spacial score (nSPS) is 10.1. The van der Waals surface area contributed by atoms with Gasteiger partial charge in [-0.3, -0.25) is 4.79 Å². The Bertz CT molecular complexity index is 374. The second kappa shape index (κ2) is 4.79. The lowest BCUT2D eigenvalue weighted by Crippen LogP contribution is -2.26. The average molecular weight is 209 g/mol. The number of aliphatic hydroxyl groups excluding tert-OH is 1. The summed E-state index contributed by atoms with van der Waals surface area (Å²) < 4.78 is 0. The second-order valence-corrected chi connectivity index (χ2v) is 3.38. The Morgan fingerprint density at radius 1 is 1.40 bits per heavy atom. The molecule has 0 saturated carbocycles. The summed E-state index contributed by atoms with van der Waals surface area (Å²) in [5.41, 5.74) is 1.88. The molecule has 0 heterocycles. The topological polar surface area (TPSA) is 69.6 Å². The third-order valence-electron chi connectivity index (χ3n) is 2.34. The predicted molar refractivity (Wildman–Crippen MR) is 57.0 cm³/mol. The van der Waals surface area contributed by atoms with Crippen LogP contribution in [0.1, 0.15) is 21.5 Å². The van der Waals surface area contributed by atoms with Gasteiger partial charge in [0, 0.05) is 6.54 Å². The van der Waals surface area contributed by atoms with Crippen molar-refractivity contribution in [2.24, 2.45) is 0 Å². The van der Waals surface area contributed by atoms with Crippen molar-refractivity contribution in [1.29, 1.82) is 0 Å². The smallest absolute Gasteiger partial charge is 0.255 e. The van der Waals surface area contributed by atoms with E-state index < -0.39 is 0 Å². The second-order valence-electron chi connectivity index (χ2n) is 3.38. The number of amides is 1. The number of phenolic OH excluding ortho intramolecular Hbond substituents is 1. The molecule has 15 heavy (non-hydrogen) atoms. The van der Waals surface area contributed by atoms with Crippen LogP contribution in [0.15, 0.2) is 12.1 Å². The van der Waals surface area contributed by atoms with E-state index in [1.165, 1.54) is 0 Å². The summed E-state index contributed by atoms with van der Waals surface area (Å²) in [5, 5.41) is 20.8. The lowest BCUT2D eigenvalue weighted by atomic mass is 10.0. The number of nitrogens with one attached hydrogen (secondary N) is 1. The third kappa shape index (κ3) is 2.47. The van der Waals surface area contributed by atoms with Crippen LogP contribution in [0.5, 0.6) is 5.75 Å². The molecule has 3 N–H and O–H groups in total. The molecule has 0 atom stereocenters. The summed E-state index contributed by atoms with van der Waals surface area (Å²) >= 11 is 0. The number of aliphatic hydroxyl groups is 1. The van der Waals surface area contributed by atoms with Gasteiger partial charge in [-0.05, 0) is 31.0 Å². The number of hydrogen-bond acceptors (Lipinski definition) is 3. The molecule has 0 aliphatic carbocycles. The SMILES string of the molecule is Cc1ccc(C(=O)NCCO)c(O)c1C. The van der Waals surface area contributed by atoms with Gasteiger partial charge in [0.15, 0.2) is 0 Å². The maximum atomic E-state index is 11.5. The Balaban J connectivity index is 2.95. The number of rotatable bonds is 3. The molecule has 0 bridgehead atoms. The number of hydrogen-bond donors (Lipinski definition) is 3. The highest BCUT2D eigenvalue weighted by atomic mass is 16.3. The van der Waals surface area contributed by atoms with E-state index in [0.717, 1.165) is 5.56 Å². The van der Waals surface area contributed by atoms with Crippen molar-refractivity contribution in [3.05, 3.63) is 28.8 Å². The molecule has 0 aliphatic heterocycles.